The molecule has 1 heterocycles. The van der Waals surface area contributed by atoms with Gasteiger partial charge in [-0.15, -0.1) is 0 Å². The van der Waals surface area contributed by atoms with Crippen LogP contribution in [0.1, 0.15) is 83.8 Å². The first-order chi connectivity index (χ1) is 14.3. The van der Waals surface area contributed by atoms with Crippen molar-refractivity contribution in [2.75, 3.05) is 20.2 Å². The molecule has 2 aliphatic carbocycles. The average molecular weight is 416 g/mol. The van der Waals surface area contributed by atoms with E-state index in [1.54, 1.807) is 7.11 Å². The molecule has 1 N–H and O–H groups in total. The molecule has 0 amide bonds. The number of ether oxygens (including phenoxy) is 2. The Morgan fingerprint density at radius 1 is 1.27 bits per heavy atom. The molecule has 168 valence electrons. The first-order valence-corrected chi connectivity index (χ1v) is 12.2. The van der Waals surface area contributed by atoms with E-state index >= 15 is 0 Å². The van der Waals surface area contributed by atoms with E-state index < -0.39 is 5.60 Å². The van der Waals surface area contributed by atoms with Gasteiger partial charge in [0.1, 0.15) is 0 Å². The average Bonchev–Trinajstić information content (AvgIpc) is 2.65. The largest absolute Gasteiger partial charge is 0.493 e. The summed E-state index contributed by atoms with van der Waals surface area (Å²) in [5.41, 5.74) is 1.51. The van der Waals surface area contributed by atoms with Crippen molar-refractivity contribution in [3.05, 3.63) is 23.3 Å². The Labute approximate surface area is 182 Å². The summed E-state index contributed by atoms with van der Waals surface area (Å²) in [5, 5.41) is 12.2. The second kappa shape index (κ2) is 8.35. The van der Waals surface area contributed by atoms with Gasteiger partial charge in [0.05, 0.1) is 18.8 Å². The van der Waals surface area contributed by atoms with Crippen LogP contribution in [-0.4, -0.2) is 48.0 Å². The van der Waals surface area contributed by atoms with E-state index in [2.05, 4.69) is 44.7 Å². The highest BCUT2D eigenvalue weighted by molar-refractivity contribution is 5.58. The van der Waals surface area contributed by atoms with E-state index in [-0.39, 0.29) is 17.6 Å². The number of methoxy groups -OCH3 is 1. The molecule has 1 saturated heterocycles. The lowest BCUT2D eigenvalue weighted by atomic mass is 9.53. The van der Waals surface area contributed by atoms with E-state index in [1.165, 1.54) is 30.4 Å². The third-order valence-corrected chi connectivity index (χ3v) is 8.23. The number of nitrogens with zero attached hydrogens (tertiary/aromatic N) is 1. The van der Waals surface area contributed by atoms with Crippen molar-refractivity contribution in [2.45, 2.75) is 102 Å². The third-order valence-electron chi connectivity index (χ3n) is 8.23. The molecular formula is C26H41NO3. The summed E-state index contributed by atoms with van der Waals surface area (Å²) >= 11 is 0. The molecule has 30 heavy (non-hydrogen) atoms. The number of hydrogen-bond acceptors (Lipinski definition) is 4. The van der Waals surface area contributed by atoms with Crippen LogP contribution in [0.15, 0.2) is 12.1 Å². The zero-order valence-electron chi connectivity index (χ0n) is 19.7. The van der Waals surface area contributed by atoms with Gasteiger partial charge in [0, 0.05) is 23.6 Å². The second-order valence-electron chi connectivity index (χ2n) is 10.4. The summed E-state index contributed by atoms with van der Waals surface area (Å²) in [6, 6.07) is 4.50. The molecule has 4 heteroatoms. The molecule has 4 nitrogen and oxygen atoms in total. The Morgan fingerprint density at radius 2 is 2.03 bits per heavy atom. The summed E-state index contributed by atoms with van der Waals surface area (Å²) in [4.78, 5) is 2.61. The van der Waals surface area contributed by atoms with Crippen LogP contribution in [0, 0.1) is 5.92 Å². The summed E-state index contributed by atoms with van der Waals surface area (Å²) in [7, 11) is 1.75. The minimum absolute atomic E-state index is 0.0877. The maximum atomic E-state index is 12.2. The molecule has 3 aliphatic rings. The van der Waals surface area contributed by atoms with Crippen LogP contribution < -0.4 is 9.47 Å². The van der Waals surface area contributed by atoms with Gasteiger partial charge < -0.3 is 14.6 Å². The number of likely N-dealkylation sites (tertiary alicyclic amines) is 1. The normalized spacial score (nSPS) is 31.4. The smallest absolute Gasteiger partial charge is 0.164 e. The van der Waals surface area contributed by atoms with Crippen molar-refractivity contribution in [1.29, 1.82) is 0 Å². The Bertz CT molecular complexity index is 755. The van der Waals surface area contributed by atoms with E-state index in [0.29, 0.717) is 0 Å². The highest BCUT2D eigenvalue weighted by Gasteiger charge is 2.61. The standard InChI is InChI=1S/C26H41NO3/c1-6-7-13-26-14-15-27(17-19-9-8-10-19)22(25(26,4)28)16-20-11-12-21(30-18(2)3)24(29-5)23(20)26/h11-12,18-19,22,28H,6-10,13-17H2,1-5H3/t22-,25-,26+/m1/s1. The number of unbranched alkanes of at least 4 members (excludes halogenated alkanes) is 1. The number of benzene rings is 1. The maximum absolute atomic E-state index is 12.2. The number of piperidine rings is 1. The van der Waals surface area contributed by atoms with E-state index in [9.17, 15) is 5.11 Å². The monoisotopic (exact) mass is 415 g/mol. The van der Waals surface area contributed by atoms with Crippen LogP contribution in [0.4, 0.5) is 0 Å². The van der Waals surface area contributed by atoms with Gasteiger partial charge in [0.25, 0.3) is 0 Å². The molecule has 2 fully saturated rings. The molecule has 1 aromatic carbocycles. The van der Waals surface area contributed by atoms with Crippen LogP contribution in [0.3, 0.4) is 0 Å². The van der Waals surface area contributed by atoms with E-state index in [4.69, 9.17) is 9.47 Å². The SMILES string of the molecule is CCCC[C@]12CCN(CC3CCC3)[C@H](Cc3ccc(OC(C)C)c(OC)c31)[C@@]2(C)O. The molecular weight excluding hydrogens is 374 g/mol. The van der Waals surface area contributed by atoms with Crippen LogP contribution in [0.2, 0.25) is 0 Å². The second-order valence-corrected chi connectivity index (χ2v) is 10.4. The topological polar surface area (TPSA) is 41.9 Å². The molecule has 0 unspecified atom stereocenters. The number of aliphatic hydroxyl groups is 1. The van der Waals surface area contributed by atoms with Crippen LogP contribution in [0.5, 0.6) is 11.5 Å². The number of hydrogen-bond donors (Lipinski definition) is 1. The highest BCUT2D eigenvalue weighted by Crippen LogP contribution is 2.58. The first kappa shape index (κ1) is 22.0. The summed E-state index contributed by atoms with van der Waals surface area (Å²) in [6.45, 7) is 10.7. The molecule has 4 rings (SSSR count). The van der Waals surface area contributed by atoms with Crippen molar-refractivity contribution in [3.63, 3.8) is 0 Å². The van der Waals surface area contributed by atoms with E-state index in [1.807, 2.05) is 0 Å². The van der Waals surface area contributed by atoms with E-state index in [0.717, 1.165) is 62.6 Å². The fourth-order valence-electron chi connectivity index (χ4n) is 6.39. The lowest BCUT2D eigenvalue weighted by Gasteiger charge is -2.61. The number of fused-ring (bicyclic) bond motifs is 4. The lowest BCUT2D eigenvalue weighted by Crippen LogP contribution is -2.70. The summed E-state index contributed by atoms with van der Waals surface area (Å²) in [6.07, 6.45) is 9.29. The van der Waals surface area contributed by atoms with Gasteiger partial charge in [-0.3, -0.25) is 4.90 Å². The Morgan fingerprint density at radius 3 is 2.63 bits per heavy atom. The van der Waals surface area contributed by atoms with Gasteiger partial charge in [0.15, 0.2) is 11.5 Å². The van der Waals surface area contributed by atoms with Crippen LogP contribution >= 0.6 is 0 Å². The quantitative estimate of drug-likeness (QED) is 0.642. The van der Waals surface area contributed by atoms with Crippen molar-refractivity contribution >= 4 is 0 Å². The molecule has 1 aliphatic heterocycles. The first-order valence-electron chi connectivity index (χ1n) is 12.2. The Hall–Kier alpha value is -1.26. The molecule has 3 atom stereocenters. The van der Waals surface area contributed by atoms with Crippen molar-refractivity contribution in [1.82, 2.24) is 4.90 Å². The third kappa shape index (κ3) is 3.44. The van der Waals surface area contributed by atoms with Crippen molar-refractivity contribution in [3.8, 4) is 11.5 Å². The van der Waals surface area contributed by atoms with Gasteiger partial charge in [-0.05, 0) is 77.0 Å². The summed E-state index contributed by atoms with van der Waals surface area (Å²) < 4.78 is 12.1. The van der Waals surface area contributed by atoms with Crippen LogP contribution in [0.25, 0.3) is 0 Å². The Kier molecular flexibility index (Phi) is 6.11. The fourth-order valence-corrected chi connectivity index (χ4v) is 6.39. The van der Waals surface area contributed by atoms with Gasteiger partial charge in [-0.25, -0.2) is 0 Å². The van der Waals surface area contributed by atoms with Gasteiger partial charge >= 0.3 is 0 Å². The zero-order valence-corrected chi connectivity index (χ0v) is 19.7. The molecule has 1 saturated carbocycles. The predicted octanol–water partition coefficient (Wildman–Crippen LogP) is 5.09. The zero-order chi connectivity index (χ0) is 21.5. The molecule has 0 aromatic heterocycles. The predicted molar refractivity (Wildman–Crippen MR) is 122 cm³/mol. The molecule has 1 aromatic rings. The van der Waals surface area contributed by atoms with Crippen molar-refractivity contribution < 1.29 is 14.6 Å². The minimum atomic E-state index is -0.777. The van der Waals surface area contributed by atoms with Crippen molar-refractivity contribution in [2.24, 2.45) is 5.92 Å². The minimum Gasteiger partial charge on any atom is -0.493 e. The van der Waals surface area contributed by atoms with Crippen LogP contribution in [-0.2, 0) is 11.8 Å². The fraction of sp³-hybridized carbons (Fsp3) is 0.769. The summed E-state index contributed by atoms with van der Waals surface area (Å²) in [5.74, 6) is 2.48. The maximum Gasteiger partial charge on any atom is 0.164 e. The molecule has 0 spiro atoms. The van der Waals surface area contributed by atoms with Gasteiger partial charge in [-0.1, -0.05) is 32.3 Å². The number of rotatable bonds is 8. The molecule has 0 radical (unpaired) electrons. The van der Waals surface area contributed by atoms with Gasteiger partial charge in [0.2, 0.25) is 0 Å². The Balaban J connectivity index is 1.81. The lowest BCUT2D eigenvalue weighted by molar-refractivity contribution is -0.142. The highest BCUT2D eigenvalue weighted by atomic mass is 16.5. The molecule has 2 bridgehead atoms. The van der Waals surface area contributed by atoms with Gasteiger partial charge in [-0.2, -0.15) is 0 Å².